The molecule has 9 heteroatoms. The molecule has 2 heterocycles. The normalized spacial score (nSPS) is 18.2. The van der Waals surface area contributed by atoms with E-state index in [1.165, 1.54) is 22.0 Å². The Balaban J connectivity index is 1.80. The van der Waals surface area contributed by atoms with Crippen molar-refractivity contribution < 1.29 is 17.9 Å². The molecule has 2 aromatic carbocycles. The molecule has 152 valence electrons. The van der Waals surface area contributed by atoms with E-state index in [1.54, 1.807) is 6.07 Å². The summed E-state index contributed by atoms with van der Waals surface area (Å²) in [6.07, 6.45) is 0. The fourth-order valence-electron chi connectivity index (χ4n) is 3.37. The summed E-state index contributed by atoms with van der Waals surface area (Å²) in [5.41, 5.74) is 2.37. The minimum Gasteiger partial charge on any atom is -0.378 e. The van der Waals surface area contributed by atoms with Crippen molar-refractivity contribution in [1.29, 1.82) is 0 Å². The van der Waals surface area contributed by atoms with Crippen LogP contribution in [0.4, 0.5) is 5.69 Å². The van der Waals surface area contributed by atoms with E-state index in [0.29, 0.717) is 43.6 Å². The van der Waals surface area contributed by atoms with Gasteiger partial charge in [0.1, 0.15) is 0 Å². The maximum Gasteiger partial charge on any atom is 0.286 e. The van der Waals surface area contributed by atoms with Gasteiger partial charge in [-0.2, -0.15) is 5.10 Å². The molecule has 0 aliphatic carbocycles. The van der Waals surface area contributed by atoms with Crippen LogP contribution in [0, 0.1) is 6.92 Å². The van der Waals surface area contributed by atoms with Crippen LogP contribution in [0.3, 0.4) is 0 Å². The van der Waals surface area contributed by atoms with Gasteiger partial charge >= 0.3 is 0 Å². The average molecular weight is 434 g/mol. The largest absolute Gasteiger partial charge is 0.378 e. The number of rotatable bonds is 3. The first kappa shape index (κ1) is 19.9. The highest BCUT2D eigenvalue weighted by Gasteiger charge is 2.39. The van der Waals surface area contributed by atoms with Crippen molar-refractivity contribution in [1.82, 2.24) is 4.90 Å². The molecule has 0 atom stereocenters. The van der Waals surface area contributed by atoms with Crippen molar-refractivity contribution in [2.24, 2.45) is 5.10 Å². The quantitative estimate of drug-likeness (QED) is 0.743. The number of ether oxygens (including phenoxy) is 1. The van der Waals surface area contributed by atoms with Gasteiger partial charge in [0.2, 0.25) is 14.9 Å². The highest BCUT2D eigenvalue weighted by atomic mass is 35.5. The van der Waals surface area contributed by atoms with Crippen molar-refractivity contribution in [2.75, 3.05) is 31.3 Å². The molecule has 29 heavy (non-hydrogen) atoms. The third kappa shape index (κ3) is 3.75. The highest BCUT2D eigenvalue weighted by molar-refractivity contribution is 8.08. The van der Waals surface area contributed by atoms with Gasteiger partial charge in [-0.15, -0.1) is 0 Å². The predicted octanol–water partition coefficient (Wildman–Crippen LogP) is 2.61. The van der Waals surface area contributed by atoms with E-state index in [9.17, 15) is 13.2 Å². The number of benzene rings is 2. The number of sulfone groups is 1. The molecule has 1 saturated heterocycles. The van der Waals surface area contributed by atoms with Crippen LogP contribution in [-0.4, -0.2) is 50.6 Å². The van der Waals surface area contributed by atoms with Gasteiger partial charge in [0.25, 0.3) is 5.91 Å². The lowest BCUT2D eigenvalue weighted by atomic mass is 10.1. The lowest BCUT2D eigenvalue weighted by Gasteiger charge is -2.31. The zero-order valence-corrected chi connectivity index (χ0v) is 17.4. The summed E-state index contributed by atoms with van der Waals surface area (Å²) < 4.78 is 31.6. The maximum atomic E-state index is 13.2. The number of hydrogen-bond acceptors (Lipinski definition) is 6. The van der Waals surface area contributed by atoms with E-state index in [2.05, 4.69) is 5.10 Å². The Morgan fingerprint density at radius 3 is 2.62 bits per heavy atom. The van der Waals surface area contributed by atoms with Crippen molar-refractivity contribution in [3.63, 3.8) is 0 Å². The fourth-order valence-corrected chi connectivity index (χ4v) is 5.00. The van der Waals surface area contributed by atoms with Gasteiger partial charge in [0.05, 0.1) is 30.3 Å². The number of amides is 1. The fraction of sp³-hybridized carbons (Fsp3) is 0.300. The molecule has 0 radical (unpaired) electrons. The summed E-state index contributed by atoms with van der Waals surface area (Å²) >= 11 is 6.13. The number of anilines is 1. The van der Waals surface area contributed by atoms with E-state index in [4.69, 9.17) is 16.3 Å². The topological polar surface area (TPSA) is 79.3 Å². The van der Waals surface area contributed by atoms with Gasteiger partial charge in [-0.25, -0.2) is 8.42 Å². The highest BCUT2D eigenvalue weighted by Crippen LogP contribution is 2.35. The molecule has 0 saturated carbocycles. The SMILES string of the molecule is Cc1ccccc1CN1N=C(C(=O)N2CCOCC2)S(=O)(=O)c2ccc(Cl)cc21. The first-order valence-electron chi connectivity index (χ1n) is 9.20. The third-order valence-corrected chi connectivity index (χ3v) is 6.94. The second-order valence-electron chi connectivity index (χ2n) is 6.91. The maximum absolute atomic E-state index is 13.2. The summed E-state index contributed by atoms with van der Waals surface area (Å²) in [6.45, 7) is 3.70. The minimum absolute atomic E-state index is 0.0297. The Morgan fingerprint density at radius 2 is 1.90 bits per heavy atom. The number of morpholine rings is 1. The number of aryl methyl sites for hydroxylation is 1. The van der Waals surface area contributed by atoms with E-state index in [0.717, 1.165) is 11.1 Å². The molecule has 4 rings (SSSR count). The first-order chi connectivity index (χ1) is 13.9. The number of nitrogens with zero attached hydrogens (tertiary/aromatic N) is 3. The summed E-state index contributed by atoms with van der Waals surface area (Å²) in [4.78, 5) is 14.5. The average Bonchev–Trinajstić information content (AvgIpc) is 2.71. The number of carbonyl (C=O) groups excluding carboxylic acids is 1. The van der Waals surface area contributed by atoms with Gasteiger partial charge < -0.3 is 9.64 Å². The van der Waals surface area contributed by atoms with Crippen LogP contribution in [0.25, 0.3) is 0 Å². The molecule has 1 fully saturated rings. The van der Waals surface area contributed by atoms with Crippen molar-refractivity contribution >= 4 is 38.1 Å². The zero-order valence-electron chi connectivity index (χ0n) is 15.8. The Hall–Kier alpha value is -2.42. The van der Waals surface area contributed by atoms with E-state index < -0.39 is 20.8 Å². The number of halogens is 1. The van der Waals surface area contributed by atoms with Crippen molar-refractivity contribution in [2.45, 2.75) is 18.4 Å². The van der Waals surface area contributed by atoms with Crippen LogP contribution in [-0.2, 0) is 25.9 Å². The molecular weight excluding hydrogens is 414 g/mol. The Labute approximate surface area is 174 Å². The van der Waals surface area contributed by atoms with Gasteiger partial charge in [0, 0.05) is 18.1 Å². The van der Waals surface area contributed by atoms with Gasteiger partial charge in [-0.1, -0.05) is 35.9 Å². The van der Waals surface area contributed by atoms with E-state index in [1.807, 2.05) is 31.2 Å². The van der Waals surface area contributed by atoms with Crippen LogP contribution >= 0.6 is 11.6 Å². The number of fused-ring (bicyclic) bond motifs is 1. The number of hydrogen-bond donors (Lipinski definition) is 0. The van der Waals surface area contributed by atoms with Crippen LogP contribution in [0.5, 0.6) is 0 Å². The smallest absolute Gasteiger partial charge is 0.286 e. The van der Waals surface area contributed by atoms with E-state index >= 15 is 0 Å². The number of hydrazone groups is 1. The Morgan fingerprint density at radius 1 is 1.17 bits per heavy atom. The van der Waals surface area contributed by atoms with Gasteiger partial charge in [-0.3, -0.25) is 9.80 Å². The lowest BCUT2D eigenvalue weighted by Crippen LogP contribution is -2.47. The zero-order chi connectivity index (χ0) is 20.6. The molecule has 2 aromatic rings. The van der Waals surface area contributed by atoms with Crippen molar-refractivity contribution in [3.8, 4) is 0 Å². The first-order valence-corrected chi connectivity index (χ1v) is 11.1. The van der Waals surface area contributed by atoms with Crippen LogP contribution in [0.15, 0.2) is 52.5 Å². The second kappa shape index (κ2) is 7.78. The minimum atomic E-state index is -4.07. The molecular formula is C20H20ClN3O4S. The molecule has 0 unspecified atom stereocenters. The van der Waals surface area contributed by atoms with Crippen LogP contribution < -0.4 is 5.01 Å². The molecule has 2 aliphatic rings. The molecule has 0 aromatic heterocycles. The number of carbonyl (C=O) groups is 1. The molecule has 0 bridgehead atoms. The Kier molecular flexibility index (Phi) is 5.33. The molecule has 0 spiro atoms. The molecule has 2 aliphatic heterocycles. The van der Waals surface area contributed by atoms with Gasteiger partial charge in [0.15, 0.2) is 0 Å². The predicted molar refractivity (Wildman–Crippen MR) is 111 cm³/mol. The van der Waals surface area contributed by atoms with Crippen molar-refractivity contribution in [3.05, 3.63) is 58.6 Å². The summed E-state index contributed by atoms with van der Waals surface area (Å²) in [7, 11) is -4.07. The molecule has 0 N–H and O–H groups in total. The van der Waals surface area contributed by atoms with E-state index in [-0.39, 0.29) is 4.90 Å². The molecule has 7 nitrogen and oxygen atoms in total. The monoisotopic (exact) mass is 433 g/mol. The third-order valence-electron chi connectivity index (χ3n) is 5.02. The molecule has 1 amide bonds. The Bertz CT molecular complexity index is 1090. The standard InChI is InChI=1S/C20H20ClN3O4S/c1-14-4-2-3-5-15(14)13-24-17-12-16(21)6-7-18(17)29(26,27)19(22-24)20(25)23-8-10-28-11-9-23/h2-7,12H,8-11,13H2,1H3. The summed E-state index contributed by atoms with van der Waals surface area (Å²) in [5, 5.41) is 5.77. The summed E-state index contributed by atoms with van der Waals surface area (Å²) in [6, 6.07) is 12.3. The van der Waals surface area contributed by atoms with Gasteiger partial charge in [-0.05, 0) is 36.2 Å². The second-order valence-corrected chi connectivity index (χ2v) is 9.18. The van der Waals surface area contributed by atoms with Crippen LogP contribution in [0.1, 0.15) is 11.1 Å². The van der Waals surface area contributed by atoms with Crippen LogP contribution in [0.2, 0.25) is 5.02 Å². The summed E-state index contributed by atoms with van der Waals surface area (Å²) in [5.74, 6) is -0.608. The lowest BCUT2D eigenvalue weighted by molar-refractivity contribution is -0.127.